The van der Waals surface area contributed by atoms with Crippen molar-refractivity contribution in [3.8, 4) is 89.9 Å². The van der Waals surface area contributed by atoms with Crippen LogP contribution < -0.4 is 0 Å². The van der Waals surface area contributed by atoms with Gasteiger partial charge in [-0.3, -0.25) is 0 Å². The highest BCUT2D eigenvalue weighted by molar-refractivity contribution is 6.21. The van der Waals surface area contributed by atoms with E-state index < -0.39 is 0 Å². The summed E-state index contributed by atoms with van der Waals surface area (Å²) in [6, 6.07) is 85.3. The van der Waals surface area contributed by atoms with Crippen molar-refractivity contribution in [1.82, 2.24) is 19.9 Å². The van der Waals surface area contributed by atoms with Crippen LogP contribution in [0.3, 0.4) is 0 Å². The Morgan fingerprint density at radius 2 is 0.606 bits per heavy atom. The zero-order valence-corrected chi connectivity index (χ0v) is 35.9. The molecule has 2 aromatic heterocycles. The largest absolute Gasteiger partial charge is 0.247 e. The van der Waals surface area contributed by atoms with Crippen LogP contribution in [0, 0.1) is 0 Å². The number of aromatic nitrogens is 4. The van der Waals surface area contributed by atoms with Crippen molar-refractivity contribution in [2.24, 2.45) is 0 Å². The molecule has 4 heteroatoms. The molecule has 308 valence electrons. The first-order valence-electron chi connectivity index (χ1n) is 22.3. The van der Waals surface area contributed by atoms with Gasteiger partial charge in [-0.25, -0.2) is 19.9 Å². The van der Waals surface area contributed by atoms with Crippen molar-refractivity contribution in [2.45, 2.75) is 0 Å². The van der Waals surface area contributed by atoms with Crippen LogP contribution in [-0.2, 0) is 0 Å². The summed E-state index contributed by atoms with van der Waals surface area (Å²) in [7, 11) is 0. The quantitative estimate of drug-likeness (QED) is 0.143. The number of fused-ring (bicyclic) bond motifs is 5. The molecule has 0 bridgehead atoms. The molecule has 4 nitrogen and oxygen atoms in total. The third-order valence-corrected chi connectivity index (χ3v) is 12.5. The molecule has 0 saturated carbocycles. The molecule has 0 spiro atoms. The van der Waals surface area contributed by atoms with E-state index in [1.165, 1.54) is 21.5 Å². The maximum absolute atomic E-state index is 5.33. The molecule has 0 aliphatic heterocycles. The van der Waals surface area contributed by atoms with E-state index in [4.69, 9.17) is 19.9 Å². The number of benzene rings is 10. The minimum atomic E-state index is 0.614. The first kappa shape index (κ1) is 38.8. The third-order valence-electron chi connectivity index (χ3n) is 12.5. The van der Waals surface area contributed by atoms with Gasteiger partial charge in [-0.2, -0.15) is 0 Å². The van der Waals surface area contributed by atoms with E-state index in [-0.39, 0.29) is 0 Å². The molecule has 0 saturated heterocycles. The normalized spacial score (nSPS) is 11.3. The number of hydrogen-bond donors (Lipinski definition) is 0. The van der Waals surface area contributed by atoms with Gasteiger partial charge >= 0.3 is 0 Å². The van der Waals surface area contributed by atoms with Crippen LogP contribution in [0.15, 0.2) is 243 Å². The predicted molar refractivity (Wildman–Crippen MR) is 274 cm³/mol. The molecule has 12 rings (SSSR count). The van der Waals surface area contributed by atoms with Crippen molar-refractivity contribution in [2.75, 3.05) is 0 Å². The lowest BCUT2D eigenvalue weighted by atomic mass is 9.93. The smallest absolute Gasteiger partial charge is 0.164 e. The van der Waals surface area contributed by atoms with E-state index in [0.717, 1.165) is 83.4 Å². The summed E-state index contributed by atoms with van der Waals surface area (Å²) in [5, 5.41) is 5.95. The summed E-state index contributed by atoms with van der Waals surface area (Å²) in [5.41, 5.74) is 14.8. The molecule has 0 N–H and O–H groups in total. The minimum Gasteiger partial charge on any atom is -0.247 e. The topological polar surface area (TPSA) is 51.6 Å². The summed E-state index contributed by atoms with van der Waals surface area (Å²) in [4.78, 5) is 20.7. The second-order valence-corrected chi connectivity index (χ2v) is 16.6. The molecule has 0 aliphatic carbocycles. The van der Waals surface area contributed by atoms with E-state index in [0.29, 0.717) is 17.5 Å². The van der Waals surface area contributed by atoms with Crippen LogP contribution in [-0.4, -0.2) is 19.9 Å². The van der Waals surface area contributed by atoms with Gasteiger partial charge in [0.05, 0.1) is 11.2 Å². The molecular weight excluding hydrogens is 801 g/mol. The Morgan fingerprint density at radius 3 is 1.18 bits per heavy atom. The Hall–Kier alpha value is -8.86. The molecular formula is C62H40N4. The standard InChI is InChI=1S/C62H40N4/c1-3-14-41(15-4-1)43-28-32-46(33-29-43)60-64-61(47-34-30-44(31-35-47)42-16-5-2-6-17-42)66-62(65-60)53-24-13-22-51(40-53)49-20-11-19-48(38-49)50-21-12-23-52(39-50)59-58-54-25-8-7-18-45(54)36-37-56(58)55-26-9-10-27-57(55)63-59/h1-40H. The fourth-order valence-corrected chi connectivity index (χ4v) is 9.15. The second kappa shape index (κ2) is 16.7. The Labute approximate surface area is 383 Å². The van der Waals surface area contributed by atoms with Gasteiger partial charge in [0, 0.05) is 33.0 Å². The molecule has 0 radical (unpaired) electrons. The predicted octanol–water partition coefficient (Wildman–Crippen LogP) is 16.1. The fourth-order valence-electron chi connectivity index (χ4n) is 9.15. The van der Waals surface area contributed by atoms with Crippen LogP contribution in [0.4, 0.5) is 0 Å². The molecule has 0 unspecified atom stereocenters. The van der Waals surface area contributed by atoms with Crippen LogP contribution in [0.5, 0.6) is 0 Å². The summed E-state index contributed by atoms with van der Waals surface area (Å²) in [6.07, 6.45) is 0. The van der Waals surface area contributed by atoms with Gasteiger partial charge in [-0.1, -0.05) is 218 Å². The molecule has 10 aromatic carbocycles. The average molecular weight is 841 g/mol. The number of hydrogen-bond acceptors (Lipinski definition) is 4. The highest BCUT2D eigenvalue weighted by Crippen LogP contribution is 2.39. The monoisotopic (exact) mass is 840 g/mol. The Kier molecular flexibility index (Phi) is 9.81. The minimum absolute atomic E-state index is 0.614. The van der Waals surface area contributed by atoms with Gasteiger partial charge in [-0.15, -0.1) is 0 Å². The lowest BCUT2D eigenvalue weighted by Gasteiger charge is -2.14. The summed E-state index contributed by atoms with van der Waals surface area (Å²) in [6.45, 7) is 0. The van der Waals surface area contributed by atoms with Crippen molar-refractivity contribution in [1.29, 1.82) is 0 Å². The summed E-state index contributed by atoms with van der Waals surface area (Å²) in [5.74, 6) is 1.86. The van der Waals surface area contributed by atoms with Gasteiger partial charge in [0.15, 0.2) is 17.5 Å². The Morgan fingerprint density at radius 1 is 0.212 bits per heavy atom. The van der Waals surface area contributed by atoms with Gasteiger partial charge in [-0.05, 0) is 84.9 Å². The number of nitrogens with zero attached hydrogens (tertiary/aromatic N) is 4. The van der Waals surface area contributed by atoms with Crippen LogP contribution in [0.25, 0.3) is 122 Å². The van der Waals surface area contributed by atoms with Crippen LogP contribution >= 0.6 is 0 Å². The SMILES string of the molecule is c1ccc(-c2ccc(-c3nc(-c4ccc(-c5ccccc5)cc4)nc(-c4cccc(-c5cccc(-c6cccc(-c7nc8ccccc8c8ccc9ccccc9c78)c6)c5)c4)n3)cc2)cc1. The fraction of sp³-hybridized carbons (Fsp3) is 0. The average Bonchev–Trinajstić information content (AvgIpc) is 3.41. The first-order valence-corrected chi connectivity index (χ1v) is 22.3. The lowest BCUT2D eigenvalue weighted by molar-refractivity contribution is 1.07. The molecule has 0 amide bonds. The molecule has 12 aromatic rings. The maximum Gasteiger partial charge on any atom is 0.164 e. The highest BCUT2D eigenvalue weighted by atomic mass is 15.0. The second-order valence-electron chi connectivity index (χ2n) is 16.6. The summed E-state index contributed by atoms with van der Waals surface area (Å²) < 4.78 is 0. The highest BCUT2D eigenvalue weighted by Gasteiger charge is 2.16. The molecule has 0 aliphatic rings. The zero-order chi connectivity index (χ0) is 43.8. The number of para-hydroxylation sites is 1. The van der Waals surface area contributed by atoms with E-state index in [1.807, 2.05) is 12.1 Å². The van der Waals surface area contributed by atoms with E-state index in [1.54, 1.807) is 0 Å². The maximum atomic E-state index is 5.33. The van der Waals surface area contributed by atoms with Gasteiger partial charge in [0.25, 0.3) is 0 Å². The first-order chi connectivity index (χ1) is 32.7. The van der Waals surface area contributed by atoms with Gasteiger partial charge < -0.3 is 0 Å². The molecule has 66 heavy (non-hydrogen) atoms. The number of pyridine rings is 1. The lowest BCUT2D eigenvalue weighted by Crippen LogP contribution is -2.00. The molecule has 2 heterocycles. The van der Waals surface area contributed by atoms with Crippen molar-refractivity contribution in [3.05, 3.63) is 243 Å². The zero-order valence-electron chi connectivity index (χ0n) is 35.9. The van der Waals surface area contributed by atoms with E-state index in [9.17, 15) is 0 Å². The Balaban J connectivity index is 0.921. The third kappa shape index (κ3) is 7.36. The van der Waals surface area contributed by atoms with Crippen LogP contribution in [0.1, 0.15) is 0 Å². The summed E-state index contributed by atoms with van der Waals surface area (Å²) >= 11 is 0. The van der Waals surface area contributed by atoms with E-state index in [2.05, 4.69) is 231 Å². The van der Waals surface area contributed by atoms with Crippen LogP contribution in [0.2, 0.25) is 0 Å². The number of rotatable bonds is 8. The van der Waals surface area contributed by atoms with Gasteiger partial charge in [0.2, 0.25) is 0 Å². The molecule has 0 atom stereocenters. The van der Waals surface area contributed by atoms with Crippen molar-refractivity contribution >= 4 is 32.4 Å². The molecule has 0 fully saturated rings. The van der Waals surface area contributed by atoms with E-state index >= 15 is 0 Å². The van der Waals surface area contributed by atoms with Gasteiger partial charge in [0.1, 0.15) is 0 Å². The Bertz CT molecular complexity index is 3630. The van der Waals surface area contributed by atoms with Crippen molar-refractivity contribution in [3.63, 3.8) is 0 Å². The van der Waals surface area contributed by atoms with Crippen molar-refractivity contribution < 1.29 is 0 Å².